The van der Waals surface area contributed by atoms with Crippen LogP contribution in [0.25, 0.3) is 0 Å². The van der Waals surface area contributed by atoms with Crippen molar-refractivity contribution in [2.45, 2.75) is 32.6 Å². The van der Waals surface area contributed by atoms with Crippen molar-refractivity contribution in [2.24, 2.45) is 0 Å². The molecule has 2 aromatic rings. The lowest BCUT2D eigenvalue weighted by Gasteiger charge is -2.24. The van der Waals surface area contributed by atoms with E-state index in [1.54, 1.807) is 6.92 Å². The molecule has 1 aliphatic heterocycles. The molecule has 0 saturated carbocycles. The van der Waals surface area contributed by atoms with E-state index < -0.39 is 0 Å². The molecule has 0 unspecified atom stereocenters. The molecule has 0 radical (unpaired) electrons. The van der Waals surface area contributed by atoms with Crippen molar-refractivity contribution in [3.8, 4) is 0 Å². The van der Waals surface area contributed by atoms with Crippen LogP contribution in [0.5, 0.6) is 0 Å². The molecule has 1 aromatic carbocycles. The van der Waals surface area contributed by atoms with E-state index in [0.717, 1.165) is 12.0 Å². The summed E-state index contributed by atoms with van der Waals surface area (Å²) >= 11 is 0. The fourth-order valence-electron chi connectivity index (χ4n) is 2.75. The second kappa shape index (κ2) is 5.16. The average Bonchev–Trinajstić information content (AvgIpc) is 2.45. The molecule has 0 saturated heterocycles. The van der Waals surface area contributed by atoms with E-state index in [2.05, 4.69) is 22.2 Å². The minimum absolute atomic E-state index is 0.107. The molecule has 5 heteroatoms. The summed E-state index contributed by atoms with van der Waals surface area (Å²) in [5.41, 5.74) is 2.57. The van der Waals surface area contributed by atoms with E-state index in [-0.39, 0.29) is 23.8 Å². The third kappa shape index (κ3) is 2.46. The molecule has 21 heavy (non-hydrogen) atoms. The number of hydrogen-bond acceptors (Lipinski definition) is 3. The van der Waals surface area contributed by atoms with Gasteiger partial charge >= 0.3 is 0 Å². The van der Waals surface area contributed by atoms with E-state index in [9.17, 15) is 9.59 Å². The second-order valence-corrected chi connectivity index (χ2v) is 5.31. The Morgan fingerprint density at radius 2 is 1.95 bits per heavy atom. The van der Waals surface area contributed by atoms with Gasteiger partial charge in [0, 0.05) is 12.3 Å². The lowest BCUT2D eigenvalue weighted by Crippen LogP contribution is -2.31. The number of rotatable bonds is 2. The predicted octanol–water partition coefficient (Wildman–Crippen LogP) is 2.11. The number of hydrogen-bond donors (Lipinski definition) is 2. The Kier molecular flexibility index (Phi) is 3.33. The first-order chi connectivity index (χ1) is 10.1. The van der Waals surface area contributed by atoms with Crippen molar-refractivity contribution in [1.82, 2.24) is 9.97 Å². The molecule has 108 valence electrons. The van der Waals surface area contributed by atoms with Gasteiger partial charge in [0.15, 0.2) is 0 Å². The summed E-state index contributed by atoms with van der Waals surface area (Å²) in [5, 5.41) is 2.69. The maximum atomic E-state index is 12.3. The molecule has 2 heterocycles. The number of anilines is 1. The highest BCUT2D eigenvalue weighted by Crippen LogP contribution is 2.33. The molecule has 0 bridgehead atoms. The van der Waals surface area contributed by atoms with Gasteiger partial charge in [0.1, 0.15) is 11.6 Å². The second-order valence-electron chi connectivity index (χ2n) is 5.31. The first-order valence-electron chi connectivity index (χ1n) is 7.08. The van der Waals surface area contributed by atoms with Crippen molar-refractivity contribution in [3.63, 3.8) is 0 Å². The van der Waals surface area contributed by atoms with Crippen molar-refractivity contribution >= 4 is 11.7 Å². The highest BCUT2D eigenvalue weighted by molar-refractivity contribution is 5.94. The van der Waals surface area contributed by atoms with Crippen LogP contribution in [-0.2, 0) is 11.2 Å². The Morgan fingerprint density at radius 3 is 2.62 bits per heavy atom. The van der Waals surface area contributed by atoms with Crippen LogP contribution >= 0.6 is 0 Å². The number of aromatic nitrogens is 2. The molecular weight excluding hydrogens is 266 g/mol. The van der Waals surface area contributed by atoms with Gasteiger partial charge < -0.3 is 10.3 Å². The summed E-state index contributed by atoms with van der Waals surface area (Å²) in [4.78, 5) is 31.1. The Bertz CT molecular complexity index is 747. The molecule has 1 amide bonds. The summed E-state index contributed by atoms with van der Waals surface area (Å²) in [6.45, 7) is 3.79. The molecule has 5 nitrogen and oxygen atoms in total. The van der Waals surface area contributed by atoms with Crippen LogP contribution in [0.2, 0.25) is 0 Å². The van der Waals surface area contributed by atoms with E-state index in [1.807, 2.05) is 24.3 Å². The maximum Gasteiger partial charge on any atom is 0.256 e. The minimum atomic E-state index is -0.239. The number of benzene rings is 1. The molecule has 3 rings (SSSR count). The fourth-order valence-corrected chi connectivity index (χ4v) is 2.75. The number of carbonyl (C=O) groups excluding carboxylic acids is 1. The Hall–Kier alpha value is -2.43. The summed E-state index contributed by atoms with van der Waals surface area (Å²) in [5.74, 6) is 0.541. The SMILES string of the molecule is CCc1ccc([C@@H]2CC(=O)Nc3nc(C)[nH]c(=O)c32)cc1. The van der Waals surface area contributed by atoms with Gasteiger partial charge in [0.05, 0.1) is 5.56 Å². The summed E-state index contributed by atoms with van der Waals surface area (Å²) < 4.78 is 0. The number of amides is 1. The van der Waals surface area contributed by atoms with E-state index in [0.29, 0.717) is 17.2 Å². The highest BCUT2D eigenvalue weighted by Gasteiger charge is 2.30. The third-order valence-electron chi connectivity index (χ3n) is 3.86. The highest BCUT2D eigenvalue weighted by atomic mass is 16.2. The van der Waals surface area contributed by atoms with Gasteiger partial charge in [-0.05, 0) is 24.5 Å². The maximum absolute atomic E-state index is 12.3. The largest absolute Gasteiger partial charge is 0.310 e. The molecule has 2 N–H and O–H groups in total. The zero-order valence-electron chi connectivity index (χ0n) is 12.1. The Labute approximate surface area is 122 Å². The number of fused-ring (bicyclic) bond motifs is 1. The minimum Gasteiger partial charge on any atom is -0.310 e. The Morgan fingerprint density at radius 1 is 1.24 bits per heavy atom. The zero-order valence-corrected chi connectivity index (χ0v) is 12.1. The lowest BCUT2D eigenvalue weighted by molar-refractivity contribution is -0.116. The van der Waals surface area contributed by atoms with Gasteiger partial charge in [-0.15, -0.1) is 0 Å². The number of carbonyl (C=O) groups is 1. The number of H-pyrrole nitrogens is 1. The molecule has 1 aliphatic rings. The van der Waals surface area contributed by atoms with Gasteiger partial charge in [0.25, 0.3) is 5.56 Å². The van der Waals surface area contributed by atoms with Gasteiger partial charge in [-0.3, -0.25) is 9.59 Å². The van der Waals surface area contributed by atoms with Crippen LogP contribution in [0, 0.1) is 6.92 Å². The quantitative estimate of drug-likeness (QED) is 0.886. The normalized spacial score (nSPS) is 17.2. The van der Waals surface area contributed by atoms with E-state index in [4.69, 9.17) is 0 Å². The smallest absolute Gasteiger partial charge is 0.256 e. The van der Waals surface area contributed by atoms with Gasteiger partial charge in [-0.25, -0.2) is 4.98 Å². The van der Waals surface area contributed by atoms with Crippen LogP contribution in [0.15, 0.2) is 29.1 Å². The molecule has 1 atom stereocenters. The van der Waals surface area contributed by atoms with Gasteiger partial charge in [-0.2, -0.15) is 0 Å². The zero-order chi connectivity index (χ0) is 15.0. The van der Waals surface area contributed by atoms with Crippen LogP contribution in [-0.4, -0.2) is 15.9 Å². The van der Waals surface area contributed by atoms with Crippen molar-refractivity contribution in [3.05, 3.63) is 57.1 Å². The lowest BCUT2D eigenvalue weighted by atomic mass is 9.86. The van der Waals surface area contributed by atoms with Crippen LogP contribution in [0.4, 0.5) is 5.82 Å². The number of aromatic amines is 1. The van der Waals surface area contributed by atoms with Crippen LogP contribution in [0.1, 0.15) is 41.8 Å². The molecular formula is C16H17N3O2. The molecule has 0 fully saturated rings. The van der Waals surface area contributed by atoms with Gasteiger partial charge in [-0.1, -0.05) is 31.2 Å². The summed E-state index contributed by atoms with van der Waals surface area (Å²) in [6.07, 6.45) is 1.23. The first-order valence-corrected chi connectivity index (χ1v) is 7.08. The summed E-state index contributed by atoms with van der Waals surface area (Å²) in [6, 6.07) is 8.06. The van der Waals surface area contributed by atoms with Crippen molar-refractivity contribution in [1.29, 1.82) is 0 Å². The fraction of sp³-hybridized carbons (Fsp3) is 0.312. The predicted molar refractivity (Wildman–Crippen MR) is 80.5 cm³/mol. The van der Waals surface area contributed by atoms with Crippen molar-refractivity contribution < 1.29 is 4.79 Å². The average molecular weight is 283 g/mol. The number of nitrogens with one attached hydrogen (secondary N) is 2. The standard InChI is InChI=1S/C16H17N3O2/c1-3-10-4-6-11(7-5-10)12-8-13(20)19-15-14(12)16(21)18-9(2)17-15/h4-7,12H,3,8H2,1-2H3,(H2,17,18,19,20,21)/t12-/m0/s1. The van der Waals surface area contributed by atoms with E-state index in [1.165, 1.54) is 5.56 Å². The van der Waals surface area contributed by atoms with Crippen LogP contribution in [0.3, 0.4) is 0 Å². The third-order valence-corrected chi connectivity index (χ3v) is 3.86. The van der Waals surface area contributed by atoms with Crippen molar-refractivity contribution in [2.75, 3.05) is 5.32 Å². The topological polar surface area (TPSA) is 74.8 Å². The molecule has 1 aromatic heterocycles. The molecule has 0 spiro atoms. The summed E-state index contributed by atoms with van der Waals surface area (Å²) in [7, 11) is 0. The van der Waals surface area contributed by atoms with Gasteiger partial charge in [0.2, 0.25) is 5.91 Å². The van der Waals surface area contributed by atoms with E-state index >= 15 is 0 Å². The first kappa shape index (κ1) is 13.5. The number of nitrogens with zero attached hydrogens (tertiary/aromatic N) is 1. The number of aryl methyl sites for hydroxylation is 2. The van der Waals surface area contributed by atoms with Crippen LogP contribution < -0.4 is 10.9 Å². The Balaban J connectivity index is 2.12. The monoisotopic (exact) mass is 283 g/mol. The molecule has 0 aliphatic carbocycles.